The lowest BCUT2D eigenvalue weighted by atomic mass is 9.90. The number of anilines is 2. The van der Waals surface area contributed by atoms with E-state index >= 15 is 0 Å². The number of benzene rings is 3. The summed E-state index contributed by atoms with van der Waals surface area (Å²) in [4.78, 5) is 26.7. The quantitative estimate of drug-likeness (QED) is 0.174. The van der Waals surface area contributed by atoms with E-state index < -0.39 is 46.8 Å². The molecule has 4 aromatic rings. The number of carbonyl (C=O) groups excluding carboxylic acids is 2. The summed E-state index contributed by atoms with van der Waals surface area (Å²) in [5, 5.41) is 4.95. The van der Waals surface area contributed by atoms with Gasteiger partial charge in [-0.05, 0) is 66.8 Å². The maximum Gasteiger partial charge on any atom is 0.419 e. The second kappa shape index (κ2) is 15.0. The molecule has 0 radical (unpaired) electrons. The van der Waals surface area contributed by atoms with Gasteiger partial charge in [0.15, 0.2) is 0 Å². The number of hydrogen-bond donors (Lipinski definition) is 2. The van der Waals surface area contributed by atoms with Crippen molar-refractivity contribution in [3.63, 3.8) is 0 Å². The highest BCUT2D eigenvalue weighted by atomic mass is 32.1. The van der Waals surface area contributed by atoms with Crippen molar-refractivity contribution in [2.24, 2.45) is 0 Å². The summed E-state index contributed by atoms with van der Waals surface area (Å²) in [6, 6.07) is 9.67. The molecular weight excluding hydrogens is 637 g/mol. The molecule has 0 aliphatic heterocycles. The average Bonchev–Trinajstić information content (AvgIpc) is 3.38. The minimum Gasteiger partial charge on any atom is -0.496 e. The van der Waals surface area contributed by atoms with Gasteiger partial charge in [0.1, 0.15) is 16.4 Å². The maximum atomic E-state index is 13.8. The third-order valence-electron chi connectivity index (χ3n) is 7.06. The molecule has 0 aliphatic carbocycles. The van der Waals surface area contributed by atoms with Crippen LogP contribution in [0.4, 0.5) is 42.1 Å². The van der Waals surface area contributed by atoms with Crippen LogP contribution in [0.3, 0.4) is 0 Å². The lowest BCUT2D eigenvalue weighted by Crippen LogP contribution is -2.18. The zero-order valence-corrected chi connectivity index (χ0v) is 26.5. The van der Waals surface area contributed by atoms with Gasteiger partial charge in [0.2, 0.25) is 0 Å². The number of alkyl halides is 6. The molecule has 5 nitrogen and oxygen atoms in total. The average molecular weight is 671 g/mol. The molecule has 4 rings (SSSR count). The Kier molecular flexibility index (Phi) is 11.8. The fourth-order valence-electron chi connectivity index (χ4n) is 4.86. The van der Waals surface area contributed by atoms with E-state index in [0.29, 0.717) is 23.5 Å². The van der Waals surface area contributed by atoms with Crippen LogP contribution in [0.5, 0.6) is 5.75 Å². The molecule has 1 unspecified atom stereocenters. The van der Waals surface area contributed by atoms with Crippen LogP contribution in [-0.2, 0) is 12.4 Å². The summed E-state index contributed by atoms with van der Waals surface area (Å²) in [6.07, 6.45) is -7.17. The van der Waals surface area contributed by atoms with Gasteiger partial charge in [-0.15, -0.1) is 11.3 Å². The van der Waals surface area contributed by atoms with E-state index in [1.807, 2.05) is 33.8 Å². The van der Waals surface area contributed by atoms with Gasteiger partial charge in [0, 0.05) is 15.8 Å². The van der Waals surface area contributed by atoms with Crippen molar-refractivity contribution in [3.05, 3.63) is 87.5 Å². The van der Waals surface area contributed by atoms with Crippen molar-refractivity contribution in [3.8, 4) is 5.75 Å². The normalized spacial score (nSPS) is 12.3. The number of halogens is 7. The number of carbonyl (C=O) groups is 2. The van der Waals surface area contributed by atoms with Gasteiger partial charge in [-0.1, -0.05) is 46.2 Å². The van der Waals surface area contributed by atoms with Crippen LogP contribution < -0.4 is 15.4 Å². The van der Waals surface area contributed by atoms with Crippen molar-refractivity contribution in [2.75, 3.05) is 17.7 Å². The number of rotatable bonds is 9. The Morgan fingerprint density at radius 2 is 1.57 bits per heavy atom. The first kappa shape index (κ1) is 36.3. The molecule has 248 valence electrons. The summed E-state index contributed by atoms with van der Waals surface area (Å²) in [6.45, 7) is 8.05. The van der Waals surface area contributed by atoms with E-state index in [2.05, 4.69) is 10.6 Å². The molecule has 0 fully saturated rings. The zero-order valence-electron chi connectivity index (χ0n) is 25.7. The topological polar surface area (TPSA) is 67.4 Å². The second-order valence-corrected chi connectivity index (χ2v) is 11.0. The highest BCUT2D eigenvalue weighted by molar-refractivity contribution is 7.21. The fraction of sp³-hybridized carbons (Fsp3) is 0.333. The molecule has 0 saturated carbocycles. The zero-order chi connectivity index (χ0) is 34.4. The maximum absolute atomic E-state index is 13.8. The van der Waals surface area contributed by atoms with Crippen LogP contribution in [0, 0.1) is 5.82 Å². The molecule has 46 heavy (non-hydrogen) atoms. The van der Waals surface area contributed by atoms with Crippen molar-refractivity contribution >= 4 is 44.6 Å². The van der Waals surface area contributed by atoms with Crippen LogP contribution in [0.15, 0.2) is 54.6 Å². The van der Waals surface area contributed by atoms with Crippen molar-refractivity contribution in [1.82, 2.24) is 0 Å². The number of amides is 2. The molecule has 0 aliphatic rings. The lowest BCUT2D eigenvalue weighted by Gasteiger charge is -2.17. The van der Waals surface area contributed by atoms with Crippen molar-refractivity contribution in [2.45, 2.75) is 65.2 Å². The molecule has 13 heteroatoms. The third-order valence-corrected chi connectivity index (χ3v) is 8.21. The van der Waals surface area contributed by atoms with Gasteiger partial charge >= 0.3 is 12.4 Å². The standard InChI is InChI=1S/C31H27F7N2O3S.C2H6/c1-4-6-16(5-2)17-7-12-24(43-3)21(13-17)28(41)40-26-20-10-8-18(30(33,34)35)14-25(20)44-27(26)29(42)39-19-9-11-23(32)22(15-19)31(36,37)38;1-2/h7-16H,4-6H2,1-3H3,(H,39,42)(H,40,41);1-2H3. The molecule has 0 spiro atoms. The summed E-state index contributed by atoms with van der Waals surface area (Å²) < 4.78 is 99.2. The number of methoxy groups -OCH3 is 1. The number of hydrogen-bond acceptors (Lipinski definition) is 4. The van der Waals surface area contributed by atoms with E-state index in [9.17, 15) is 40.3 Å². The largest absolute Gasteiger partial charge is 0.496 e. The Morgan fingerprint density at radius 1 is 0.870 bits per heavy atom. The summed E-state index contributed by atoms with van der Waals surface area (Å²) in [5.41, 5.74) is -2.18. The van der Waals surface area contributed by atoms with E-state index in [1.165, 1.54) is 7.11 Å². The monoisotopic (exact) mass is 670 g/mol. The van der Waals surface area contributed by atoms with E-state index in [0.717, 1.165) is 49.1 Å². The van der Waals surface area contributed by atoms with Gasteiger partial charge in [-0.25, -0.2) is 4.39 Å². The summed E-state index contributed by atoms with van der Waals surface area (Å²) >= 11 is 0.606. The predicted octanol–water partition coefficient (Wildman–Crippen LogP) is 10.9. The number of fused-ring (bicyclic) bond motifs is 1. The molecule has 1 aromatic heterocycles. The lowest BCUT2D eigenvalue weighted by molar-refractivity contribution is -0.140. The SMILES string of the molecule is CC.CCCC(CC)c1ccc(OC)c(C(=O)Nc2c(C(=O)Nc3ccc(F)c(C(F)(F)F)c3)sc3cc(C(F)(F)F)ccc23)c1. The second-order valence-electron chi connectivity index (χ2n) is 9.97. The minimum absolute atomic E-state index is 0.00919. The van der Waals surface area contributed by atoms with Crippen LogP contribution in [0.2, 0.25) is 0 Å². The Balaban J connectivity index is 0.00000282. The highest BCUT2D eigenvalue weighted by Gasteiger charge is 2.35. The molecule has 0 saturated heterocycles. The first-order chi connectivity index (χ1) is 21.7. The first-order valence-electron chi connectivity index (χ1n) is 14.5. The first-order valence-corrected chi connectivity index (χ1v) is 15.3. The van der Waals surface area contributed by atoms with Crippen LogP contribution in [-0.4, -0.2) is 18.9 Å². The molecule has 1 atom stereocenters. The Bertz CT molecular complexity index is 1700. The fourth-order valence-corrected chi connectivity index (χ4v) is 5.95. The number of ether oxygens (including phenoxy) is 1. The third kappa shape index (κ3) is 8.17. The Morgan fingerprint density at radius 3 is 2.15 bits per heavy atom. The minimum atomic E-state index is -5.04. The molecule has 0 bridgehead atoms. The van der Waals surface area contributed by atoms with Gasteiger partial charge in [0.25, 0.3) is 11.8 Å². The Labute approximate surface area is 265 Å². The summed E-state index contributed by atoms with van der Waals surface area (Å²) in [5.74, 6) is -2.92. The smallest absolute Gasteiger partial charge is 0.419 e. The van der Waals surface area contributed by atoms with Gasteiger partial charge in [-0.2, -0.15) is 26.3 Å². The van der Waals surface area contributed by atoms with Gasteiger partial charge in [-0.3, -0.25) is 9.59 Å². The van der Waals surface area contributed by atoms with Crippen LogP contribution in [0.1, 0.15) is 89.6 Å². The number of nitrogens with one attached hydrogen (secondary N) is 2. The summed E-state index contributed by atoms with van der Waals surface area (Å²) in [7, 11) is 1.37. The van der Waals surface area contributed by atoms with Crippen molar-refractivity contribution < 1.29 is 45.1 Å². The van der Waals surface area contributed by atoms with Gasteiger partial charge < -0.3 is 15.4 Å². The van der Waals surface area contributed by atoms with Crippen LogP contribution in [0.25, 0.3) is 10.1 Å². The van der Waals surface area contributed by atoms with Gasteiger partial charge in [0.05, 0.1) is 29.5 Å². The predicted molar refractivity (Wildman–Crippen MR) is 166 cm³/mol. The van der Waals surface area contributed by atoms with E-state index in [4.69, 9.17) is 4.74 Å². The Hall–Kier alpha value is -4.13. The van der Waals surface area contributed by atoms with Crippen molar-refractivity contribution in [1.29, 1.82) is 0 Å². The number of thiophene rings is 1. The molecule has 2 amide bonds. The van der Waals surface area contributed by atoms with E-state index in [-0.39, 0.29) is 37.9 Å². The molecule has 3 aromatic carbocycles. The van der Waals surface area contributed by atoms with Crippen LogP contribution >= 0.6 is 11.3 Å². The highest BCUT2D eigenvalue weighted by Crippen LogP contribution is 2.41. The molecule has 1 heterocycles. The van der Waals surface area contributed by atoms with E-state index in [1.54, 1.807) is 12.1 Å². The molecule has 2 N–H and O–H groups in total. The molecular formula is C33H33F7N2O3S.